The van der Waals surface area contributed by atoms with E-state index in [1.165, 1.54) is 13.8 Å². The summed E-state index contributed by atoms with van der Waals surface area (Å²) in [6.45, 7) is 6.67. The number of sulfonamides is 1. The van der Waals surface area contributed by atoms with Gasteiger partial charge >= 0.3 is 0 Å². The van der Waals surface area contributed by atoms with E-state index in [-0.39, 0.29) is 19.1 Å². The molecule has 0 aromatic rings. The summed E-state index contributed by atoms with van der Waals surface area (Å²) in [4.78, 5) is 11.6. The second kappa shape index (κ2) is 4.55. The molecule has 1 saturated heterocycles. The minimum Gasteiger partial charge on any atom is -0.390 e. The van der Waals surface area contributed by atoms with E-state index < -0.39 is 26.8 Å². The third-order valence-electron chi connectivity index (χ3n) is 2.81. The predicted molar refractivity (Wildman–Crippen MR) is 63.9 cm³/mol. The lowest BCUT2D eigenvalue weighted by molar-refractivity contribution is -0.133. The van der Waals surface area contributed by atoms with Gasteiger partial charge in [-0.2, -0.15) is 0 Å². The minimum atomic E-state index is -3.59. The molecule has 1 atom stereocenters. The maximum absolute atomic E-state index is 11.7. The van der Waals surface area contributed by atoms with E-state index in [4.69, 9.17) is 0 Å². The Morgan fingerprint density at radius 2 is 1.94 bits per heavy atom. The van der Waals surface area contributed by atoms with Gasteiger partial charge in [0, 0.05) is 12.6 Å². The fourth-order valence-corrected chi connectivity index (χ4v) is 3.13. The van der Waals surface area contributed by atoms with E-state index in [0.29, 0.717) is 0 Å². The molecule has 1 fully saturated rings. The number of aliphatic hydroxyl groups excluding tert-OH is 1. The van der Waals surface area contributed by atoms with Gasteiger partial charge in [-0.05, 0) is 13.8 Å². The average Bonchev–Trinajstić information content (AvgIpc) is 2.21. The van der Waals surface area contributed by atoms with E-state index in [1.54, 1.807) is 0 Å². The van der Waals surface area contributed by atoms with Crippen LogP contribution >= 0.6 is 0 Å². The largest absolute Gasteiger partial charge is 0.390 e. The van der Waals surface area contributed by atoms with Crippen LogP contribution in [-0.4, -0.2) is 53.7 Å². The molecule has 100 valence electrons. The number of carbonyl (C=O) groups excluding carboxylic acids is 1. The van der Waals surface area contributed by atoms with Crippen molar-refractivity contribution in [3.8, 4) is 0 Å². The number of amides is 1. The molecule has 0 saturated carbocycles. The van der Waals surface area contributed by atoms with Crippen LogP contribution in [0.3, 0.4) is 0 Å². The van der Waals surface area contributed by atoms with Crippen LogP contribution in [0, 0.1) is 0 Å². The van der Waals surface area contributed by atoms with Crippen molar-refractivity contribution in [3.63, 3.8) is 0 Å². The maximum Gasteiger partial charge on any atom is 0.258 e. The van der Waals surface area contributed by atoms with Crippen LogP contribution in [0.4, 0.5) is 0 Å². The van der Waals surface area contributed by atoms with Gasteiger partial charge in [0.15, 0.2) is 4.75 Å². The van der Waals surface area contributed by atoms with Crippen LogP contribution in [-0.2, 0) is 14.8 Å². The lowest BCUT2D eigenvalue weighted by Crippen LogP contribution is -2.68. The monoisotopic (exact) mass is 264 g/mol. The first-order valence-electron chi connectivity index (χ1n) is 5.59. The fraction of sp³-hybridized carbons (Fsp3) is 0.900. The second-order valence-electron chi connectivity index (χ2n) is 5.07. The Labute approximate surface area is 102 Å². The highest BCUT2D eigenvalue weighted by Crippen LogP contribution is 2.34. The Bertz CT molecular complexity index is 403. The summed E-state index contributed by atoms with van der Waals surface area (Å²) in [7, 11) is -3.59. The summed E-state index contributed by atoms with van der Waals surface area (Å²) in [6.07, 6.45) is -0.882. The van der Waals surface area contributed by atoms with Crippen molar-refractivity contribution < 1.29 is 18.3 Å². The van der Waals surface area contributed by atoms with Gasteiger partial charge < -0.3 is 10.4 Å². The molecule has 1 aliphatic rings. The third-order valence-corrected chi connectivity index (χ3v) is 5.17. The quantitative estimate of drug-likeness (QED) is 0.685. The highest BCUT2D eigenvalue weighted by molar-refractivity contribution is 7.94. The molecular formula is C10H20N2O4S. The fourth-order valence-electron chi connectivity index (χ4n) is 1.56. The summed E-state index contributed by atoms with van der Waals surface area (Å²) in [6, 6.07) is 0.199. The van der Waals surface area contributed by atoms with Gasteiger partial charge in [-0.15, -0.1) is 0 Å². The SMILES string of the molecule is CC(C)NCC(O)CN1C(=O)C(C)(C)S1(=O)=O. The van der Waals surface area contributed by atoms with Crippen LogP contribution in [0.1, 0.15) is 27.7 Å². The Morgan fingerprint density at radius 3 is 2.35 bits per heavy atom. The van der Waals surface area contributed by atoms with Crippen LogP contribution < -0.4 is 5.32 Å². The predicted octanol–water partition coefficient (Wildman–Crippen LogP) is -0.704. The summed E-state index contributed by atoms with van der Waals surface area (Å²) >= 11 is 0. The Hall–Kier alpha value is -0.660. The molecule has 0 aliphatic carbocycles. The molecule has 0 aromatic carbocycles. The second-order valence-corrected chi connectivity index (χ2v) is 7.48. The van der Waals surface area contributed by atoms with Crippen molar-refractivity contribution in [2.24, 2.45) is 0 Å². The van der Waals surface area contributed by atoms with Crippen molar-refractivity contribution in [1.82, 2.24) is 9.62 Å². The first kappa shape index (κ1) is 14.4. The number of carbonyl (C=O) groups is 1. The molecule has 1 unspecified atom stereocenters. The molecule has 1 aliphatic heterocycles. The summed E-state index contributed by atoms with van der Waals surface area (Å²) in [5, 5.41) is 12.6. The zero-order valence-corrected chi connectivity index (χ0v) is 11.4. The molecule has 1 rings (SSSR count). The molecule has 1 amide bonds. The standard InChI is InChI=1S/C10H20N2O4S/c1-7(2)11-5-8(13)6-12-9(14)10(3,4)17(12,15)16/h7-8,11,13H,5-6H2,1-4H3. The van der Waals surface area contributed by atoms with Gasteiger partial charge in [-0.3, -0.25) is 4.79 Å². The number of hydrogen-bond acceptors (Lipinski definition) is 5. The summed E-state index contributed by atoms with van der Waals surface area (Å²) in [5.41, 5.74) is 0. The van der Waals surface area contributed by atoms with Gasteiger partial charge in [-0.1, -0.05) is 13.8 Å². The molecule has 2 N–H and O–H groups in total. The van der Waals surface area contributed by atoms with E-state index in [0.717, 1.165) is 4.31 Å². The Kier molecular flexibility index (Phi) is 3.85. The number of aliphatic hydroxyl groups is 1. The van der Waals surface area contributed by atoms with Crippen molar-refractivity contribution >= 4 is 15.9 Å². The van der Waals surface area contributed by atoms with Gasteiger partial charge in [-0.25, -0.2) is 12.7 Å². The zero-order valence-electron chi connectivity index (χ0n) is 10.6. The minimum absolute atomic E-state index is 0.176. The summed E-state index contributed by atoms with van der Waals surface area (Å²) < 4.78 is 22.9. The van der Waals surface area contributed by atoms with Crippen LogP contribution in [0.5, 0.6) is 0 Å². The third kappa shape index (κ3) is 2.46. The molecule has 0 aromatic heterocycles. The van der Waals surface area contributed by atoms with Crippen LogP contribution in [0.25, 0.3) is 0 Å². The first-order chi connectivity index (χ1) is 7.60. The topological polar surface area (TPSA) is 86.7 Å². The Balaban J connectivity index is 2.58. The highest BCUT2D eigenvalue weighted by atomic mass is 32.2. The number of rotatable bonds is 5. The van der Waals surface area contributed by atoms with E-state index in [1.807, 2.05) is 13.8 Å². The zero-order chi connectivity index (χ0) is 13.4. The molecule has 1 heterocycles. The molecule has 0 spiro atoms. The van der Waals surface area contributed by atoms with Crippen molar-refractivity contribution in [3.05, 3.63) is 0 Å². The number of β-amino-alcohol motifs (C(OH)–C–C–N with tert-alkyl or cyclic N) is 1. The van der Waals surface area contributed by atoms with Gasteiger partial charge in [0.1, 0.15) is 0 Å². The van der Waals surface area contributed by atoms with Crippen molar-refractivity contribution in [1.29, 1.82) is 0 Å². The van der Waals surface area contributed by atoms with E-state index in [9.17, 15) is 18.3 Å². The summed E-state index contributed by atoms with van der Waals surface area (Å²) in [5.74, 6) is -0.457. The Morgan fingerprint density at radius 1 is 1.41 bits per heavy atom. The number of nitrogens with one attached hydrogen (secondary N) is 1. The lowest BCUT2D eigenvalue weighted by atomic mass is 10.2. The smallest absolute Gasteiger partial charge is 0.258 e. The average molecular weight is 264 g/mol. The van der Waals surface area contributed by atoms with E-state index in [2.05, 4.69) is 5.32 Å². The van der Waals surface area contributed by atoms with Gasteiger partial charge in [0.25, 0.3) is 15.9 Å². The maximum atomic E-state index is 11.7. The molecule has 17 heavy (non-hydrogen) atoms. The molecule has 6 nitrogen and oxygen atoms in total. The van der Waals surface area contributed by atoms with Crippen LogP contribution in [0.2, 0.25) is 0 Å². The molecule has 7 heteroatoms. The highest BCUT2D eigenvalue weighted by Gasteiger charge is 2.60. The van der Waals surface area contributed by atoms with Gasteiger partial charge in [0.05, 0.1) is 12.6 Å². The number of hydrogen-bond donors (Lipinski definition) is 2. The normalized spacial score (nSPS) is 23.6. The molecular weight excluding hydrogens is 244 g/mol. The lowest BCUT2D eigenvalue weighted by Gasteiger charge is -2.43. The van der Waals surface area contributed by atoms with Crippen molar-refractivity contribution in [2.45, 2.75) is 44.6 Å². The van der Waals surface area contributed by atoms with E-state index >= 15 is 0 Å². The van der Waals surface area contributed by atoms with Crippen molar-refractivity contribution in [2.75, 3.05) is 13.1 Å². The molecule has 0 radical (unpaired) electrons. The molecule has 0 bridgehead atoms. The number of nitrogens with zero attached hydrogens (tertiary/aromatic N) is 1. The first-order valence-corrected chi connectivity index (χ1v) is 7.03. The van der Waals surface area contributed by atoms with Crippen LogP contribution in [0.15, 0.2) is 0 Å². The van der Waals surface area contributed by atoms with Gasteiger partial charge in [0.2, 0.25) is 0 Å².